The number of hydrogen-bond donors (Lipinski definition) is 2. The lowest BCUT2D eigenvalue weighted by Crippen LogP contribution is -2.23. The Morgan fingerprint density at radius 3 is 2.78 bits per heavy atom. The number of carbonyl (C=O) groups excluding carboxylic acids is 1. The molecule has 0 unspecified atom stereocenters. The molecule has 0 spiro atoms. The number of aromatic carboxylic acids is 1. The molecule has 0 aliphatic rings. The summed E-state index contributed by atoms with van der Waals surface area (Å²) in [6.45, 7) is 4.36. The molecule has 27 heavy (non-hydrogen) atoms. The van der Waals surface area contributed by atoms with Gasteiger partial charge in [0.2, 0.25) is 0 Å². The molecule has 7 nitrogen and oxygen atoms in total. The van der Waals surface area contributed by atoms with E-state index in [9.17, 15) is 9.59 Å². The molecule has 2 aromatic heterocycles. The summed E-state index contributed by atoms with van der Waals surface area (Å²) in [6, 6.07) is 7.54. The minimum atomic E-state index is -1.04. The van der Waals surface area contributed by atoms with Crippen molar-refractivity contribution in [2.24, 2.45) is 7.05 Å². The topological polar surface area (TPSA) is 97.1 Å². The van der Waals surface area contributed by atoms with Crippen LogP contribution in [-0.2, 0) is 13.6 Å². The van der Waals surface area contributed by atoms with Gasteiger partial charge in [-0.1, -0.05) is 32.0 Å². The highest BCUT2D eigenvalue weighted by atomic mass is 32.1. The lowest BCUT2D eigenvalue weighted by molar-refractivity contribution is 0.0691. The van der Waals surface area contributed by atoms with Crippen LogP contribution in [0.2, 0.25) is 0 Å². The number of rotatable bonds is 6. The molecule has 1 amide bonds. The number of amides is 1. The zero-order valence-electron chi connectivity index (χ0n) is 15.3. The van der Waals surface area contributed by atoms with Crippen molar-refractivity contribution < 1.29 is 14.7 Å². The summed E-state index contributed by atoms with van der Waals surface area (Å²) in [5.74, 6) is -1.05. The molecule has 0 aliphatic heterocycles. The summed E-state index contributed by atoms with van der Waals surface area (Å²) in [4.78, 5) is 27.7. The second kappa shape index (κ2) is 7.71. The van der Waals surface area contributed by atoms with Gasteiger partial charge in [0.25, 0.3) is 5.91 Å². The number of nitrogens with one attached hydrogen (secondary N) is 1. The molecule has 3 rings (SSSR count). The van der Waals surface area contributed by atoms with Crippen LogP contribution in [0.15, 0.2) is 35.8 Å². The monoisotopic (exact) mass is 384 g/mol. The summed E-state index contributed by atoms with van der Waals surface area (Å²) in [7, 11) is 1.80. The molecule has 0 radical (unpaired) electrons. The Kier molecular flexibility index (Phi) is 5.36. The molecule has 2 N–H and O–H groups in total. The lowest BCUT2D eigenvalue weighted by atomic mass is 10.1. The molecule has 0 bridgehead atoms. The molecule has 140 valence electrons. The van der Waals surface area contributed by atoms with Gasteiger partial charge >= 0.3 is 5.97 Å². The summed E-state index contributed by atoms with van der Waals surface area (Å²) in [6.07, 6.45) is 1.73. The fourth-order valence-corrected chi connectivity index (χ4v) is 3.49. The van der Waals surface area contributed by atoms with Crippen LogP contribution in [-0.4, -0.2) is 31.7 Å². The molecular weight excluding hydrogens is 364 g/mol. The van der Waals surface area contributed by atoms with Crippen LogP contribution in [0, 0.1) is 0 Å². The van der Waals surface area contributed by atoms with Crippen molar-refractivity contribution in [3.8, 4) is 10.6 Å². The van der Waals surface area contributed by atoms with Gasteiger partial charge in [-0.3, -0.25) is 9.48 Å². The van der Waals surface area contributed by atoms with Crippen LogP contribution in [0.5, 0.6) is 0 Å². The first-order valence-electron chi connectivity index (χ1n) is 8.45. The first-order valence-corrected chi connectivity index (χ1v) is 9.33. The van der Waals surface area contributed by atoms with Gasteiger partial charge in [-0.25, -0.2) is 9.78 Å². The predicted molar refractivity (Wildman–Crippen MR) is 103 cm³/mol. The van der Waals surface area contributed by atoms with Crippen LogP contribution in [0.25, 0.3) is 10.6 Å². The average Bonchev–Trinajstić information content (AvgIpc) is 3.27. The van der Waals surface area contributed by atoms with Gasteiger partial charge in [-0.2, -0.15) is 5.10 Å². The largest absolute Gasteiger partial charge is 0.476 e. The summed E-state index contributed by atoms with van der Waals surface area (Å²) >= 11 is 1.28. The number of nitrogens with zero attached hydrogens (tertiary/aromatic N) is 3. The number of carboxylic acids is 1. The minimum Gasteiger partial charge on any atom is -0.476 e. The Labute approximate surface area is 160 Å². The van der Waals surface area contributed by atoms with Gasteiger partial charge in [0.1, 0.15) is 5.01 Å². The van der Waals surface area contributed by atoms with Crippen LogP contribution >= 0.6 is 11.3 Å². The van der Waals surface area contributed by atoms with E-state index >= 15 is 0 Å². The van der Waals surface area contributed by atoms with Gasteiger partial charge in [0, 0.05) is 30.7 Å². The van der Waals surface area contributed by atoms with Gasteiger partial charge in [-0.05, 0) is 17.5 Å². The van der Waals surface area contributed by atoms with Gasteiger partial charge in [0.15, 0.2) is 5.69 Å². The highest BCUT2D eigenvalue weighted by Crippen LogP contribution is 2.24. The molecule has 0 saturated heterocycles. The van der Waals surface area contributed by atoms with E-state index < -0.39 is 5.97 Å². The SMILES string of the molecule is CC(C)c1nn(C)cc1C(=O)NCc1cccc(-c2nc(C(=O)O)cs2)c1. The zero-order chi connectivity index (χ0) is 19.6. The smallest absolute Gasteiger partial charge is 0.355 e. The lowest BCUT2D eigenvalue weighted by Gasteiger charge is -2.08. The van der Waals surface area contributed by atoms with Crippen molar-refractivity contribution in [1.29, 1.82) is 0 Å². The standard InChI is InChI=1S/C19H20N4O3S/c1-11(2)16-14(9-23(3)22-16)17(24)20-8-12-5-4-6-13(7-12)18-21-15(10-27-18)19(25)26/h4-7,9-11H,8H2,1-3H3,(H,20,24)(H,25,26). The third-order valence-electron chi connectivity index (χ3n) is 4.00. The Morgan fingerprint density at radius 1 is 1.33 bits per heavy atom. The zero-order valence-corrected chi connectivity index (χ0v) is 16.1. The van der Waals surface area contributed by atoms with Crippen LogP contribution in [0.1, 0.15) is 51.9 Å². The normalized spacial score (nSPS) is 11.0. The number of carboxylic acid groups (broad SMARTS) is 1. The van der Waals surface area contributed by atoms with E-state index in [1.165, 1.54) is 16.7 Å². The Morgan fingerprint density at radius 2 is 2.11 bits per heavy atom. The first-order chi connectivity index (χ1) is 12.8. The Bertz CT molecular complexity index is 991. The minimum absolute atomic E-state index is 0.0338. The summed E-state index contributed by atoms with van der Waals surface area (Å²) in [5.41, 5.74) is 3.11. The Balaban J connectivity index is 1.73. The number of hydrogen-bond acceptors (Lipinski definition) is 5. The Hall–Kier alpha value is -3.00. The van der Waals surface area contributed by atoms with E-state index in [0.29, 0.717) is 17.1 Å². The van der Waals surface area contributed by atoms with Gasteiger partial charge in [0.05, 0.1) is 11.3 Å². The number of thiazole rings is 1. The van der Waals surface area contributed by atoms with Gasteiger partial charge < -0.3 is 10.4 Å². The van der Waals surface area contributed by atoms with Crippen LogP contribution in [0.4, 0.5) is 0 Å². The predicted octanol–water partition coefficient (Wildman–Crippen LogP) is 3.30. The molecule has 8 heteroatoms. The maximum Gasteiger partial charge on any atom is 0.355 e. The van der Waals surface area contributed by atoms with E-state index in [2.05, 4.69) is 15.4 Å². The van der Waals surface area contributed by atoms with Crippen molar-refractivity contribution in [2.45, 2.75) is 26.3 Å². The van der Waals surface area contributed by atoms with E-state index in [4.69, 9.17) is 5.11 Å². The highest BCUT2D eigenvalue weighted by Gasteiger charge is 2.18. The highest BCUT2D eigenvalue weighted by molar-refractivity contribution is 7.13. The van der Waals surface area contributed by atoms with Crippen molar-refractivity contribution in [3.63, 3.8) is 0 Å². The molecule has 0 aliphatic carbocycles. The second-order valence-electron chi connectivity index (χ2n) is 6.48. The maximum absolute atomic E-state index is 12.5. The fraction of sp³-hybridized carbons (Fsp3) is 0.263. The number of carbonyl (C=O) groups is 2. The van der Waals surface area contributed by atoms with Gasteiger partial charge in [-0.15, -0.1) is 11.3 Å². The van der Waals surface area contributed by atoms with E-state index in [0.717, 1.165) is 16.8 Å². The van der Waals surface area contributed by atoms with E-state index in [1.54, 1.807) is 17.9 Å². The molecule has 3 aromatic rings. The maximum atomic E-state index is 12.5. The molecule has 2 heterocycles. The van der Waals surface area contributed by atoms with Crippen molar-refractivity contribution in [1.82, 2.24) is 20.1 Å². The van der Waals surface area contributed by atoms with E-state index in [-0.39, 0.29) is 17.5 Å². The number of aromatic nitrogens is 3. The average molecular weight is 384 g/mol. The molecule has 0 fully saturated rings. The third-order valence-corrected chi connectivity index (χ3v) is 4.89. The molecule has 1 aromatic carbocycles. The van der Waals surface area contributed by atoms with Crippen molar-refractivity contribution >= 4 is 23.2 Å². The van der Waals surface area contributed by atoms with Crippen molar-refractivity contribution in [3.05, 3.63) is 58.4 Å². The third kappa shape index (κ3) is 4.22. The summed E-state index contributed by atoms with van der Waals surface area (Å²) in [5, 5.41) is 18.4. The number of aryl methyl sites for hydroxylation is 1. The first kappa shape index (κ1) is 18.8. The molecular formula is C19H20N4O3S. The van der Waals surface area contributed by atoms with Crippen LogP contribution in [0.3, 0.4) is 0 Å². The fourth-order valence-electron chi connectivity index (χ4n) is 2.70. The molecule has 0 saturated carbocycles. The second-order valence-corrected chi connectivity index (χ2v) is 7.34. The quantitative estimate of drug-likeness (QED) is 0.680. The van der Waals surface area contributed by atoms with Crippen molar-refractivity contribution in [2.75, 3.05) is 0 Å². The number of benzene rings is 1. The van der Waals surface area contributed by atoms with Crippen LogP contribution < -0.4 is 5.32 Å². The molecule has 0 atom stereocenters. The summed E-state index contributed by atoms with van der Waals surface area (Å²) < 4.78 is 1.65. The van der Waals surface area contributed by atoms with E-state index in [1.807, 2.05) is 38.1 Å².